The standard InChI is InChI=1S/C18H29ClN2O2/c1-13-5-6-17(19)18(9-13)23-12-16(22)11-21(4)15-7-8-20(3)14(2)10-15/h5-6,9,14-16,22H,7-8,10-12H2,1-4H3. The molecule has 0 aromatic heterocycles. The van der Waals surface area contributed by atoms with Crippen molar-refractivity contribution >= 4 is 11.6 Å². The summed E-state index contributed by atoms with van der Waals surface area (Å²) in [6.07, 6.45) is 1.77. The van der Waals surface area contributed by atoms with Gasteiger partial charge in [-0.05, 0) is 65.0 Å². The Morgan fingerprint density at radius 1 is 1.48 bits per heavy atom. The van der Waals surface area contributed by atoms with E-state index >= 15 is 0 Å². The summed E-state index contributed by atoms with van der Waals surface area (Å²) in [5.41, 5.74) is 1.09. The largest absolute Gasteiger partial charge is 0.489 e. The lowest BCUT2D eigenvalue weighted by Gasteiger charge is -2.39. The van der Waals surface area contributed by atoms with Crippen LogP contribution < -0.4 is 4.74 Å². The summed E-state index contributed by atoms with van der Waals surface area (Å²) in [5, 5.41) is 10.9. The minimum Gasteiger partial charge on any atom is -0.489 e. The van der Waals surface area contributed by atoms with Crippen LogP contribution in [0.4, 0.5) is 0 Å². The molecule has 0 aliphatic carbocycles. The van der Waals surface area contributed by atoms with Crippen molar-refractivity contribution in [2.75, 3.05) is 33.8 Å². The quantitative estimate of drug-likeness (QED) is 0.863. The number of likely N-dealkylation sites (tertiary alicyclic amines) is 1. The van der Waals surface area contributed by atoms with Crippen LogP contribution in [0.15, 0.2) is 18.2 Å². The molecule has 0 amide bonds. The predicted octanol–water partition coefficient (Wildman–Crippen LogP) is 2.80. The molecule has 0 saturated carbocycles. The summed E-state index contributed by atoms with van der Waals surface area (Å²) in [7, 11) is 4.26. The van der Waals surface area contributed by atoms with Gasteiger partial charge in [-0.3, -0.25) is 0 Å². The van der Waals surface area contributed by atoms with Gasteiger partial charge in [0.05, 0.1) is 5.02 Å². The van der Waals surface area contributed by atoms with E-state index < -0.39 is 6.10 Å². The molecule has 5 heteroatoms. The molecular weight excluding hydrogens is 312 g/mol. The maximum Gasteiger partial charge on any atom is 0.138 e. The van der Waals surface area contributed by atoms with Gasteiger partial charge in [-0.1, -0.05) is 17.7 Å². The second kappa shape index (κ2) is 8.34. The van der Waals surface area contributed by atoms with Crippen molar-refractivity contribution in [2.45, 2.75) is 44.9 Å². The van der Waals surface area contributed by atoms with Crippen molar-refractivity contribution in [3.05, 3.63) is 28.8 Å². The first kappa shape index (κ1) is 18.5. The lowest BCUT2D eigenvalue weighted by molar-refractivity contribution is 0.0405. The molecule has 1 fully saturated rings. The number of piperidine rings is 1. The van der Waals surface area contributed by atoms with E-state index in [1.54, 1.807) is 0 Å². The van der Waals surface area contributed by atoms with Crippen molar-refractivity contribution in [1.82, 2.24) is 9.80 Å². The molecule has 23 heavy (non-hydrogen) atoms. The third-order valence-corrected chi connectivity index (χ3v) is 5.13. The number of hydrogen-bond donors (Lipinski definition) is 1. The van der Waals surface area contributed by atoms with E-state index in [4.69, 9.17) is 16.3 Å². The molecule has 0 radical (unpaired) electrons. The minimum absolute atomic E-state index is 0.260. The van der Waals surface area contributed by atoms with E-state index in [2.05, 4.69) is 30.8 Å². The molecule has 0 spiro atoms. The Labute approximate surface area is 145 Å². The van der Waals surface area contributed by atoms with E-state index in [1.165, 1.54) is 0 Å². The predicted molar refractivity (Wildman–Crippen MR) is 95.4 cm³/mol. The summed E-state index contributed by atoms with van der Waals surface area (Å²) in [6.45, 7) is 6.25. The van der Waals surface area contributed by atoms with Crippen LogP contribution in [0.5, 0.6) is 5.75 Å². The van der Waals surface area contributed by atoms with E-state index in [9.17, 15) is 5.11 Å². The number of halogens is 1. The molecule has 1 N–H and O–H groups in total. The highest BCUT2D eigenvalue weighted by Gasteiger charge is 2.26. The molecule has 3 unspecified atom stereocenters. The van der Waals surface area contributed by atoms with Crippen LogP contribution in [0.1, 0.15) is 25.3 Å². The number of rotatable bonds is 6. The van der Waals surface area contributed by atoms with Crippen molar-refractivity contribution in [2.24, 2.45) is 0 Å². The number of benzene rings is 1. The number of ether oxygens (including phenoxy) is 1. The zero-order chi connectivity index (χ0) is 17.0. The van der Waals surface area contributed by atoms with Gasteiger partial charge in [0.1, 0.15) is 18.5 Å². The van der Waals surface area contributed by atoms with Gasteiger partial charge in [0.25, 0.3) is 0 Å². The van der Waals surface area contributed by atoms with E-state index in [1.807, 2.05) is 25.1 Å². The zero-order valence-corrected chi connectivity index (χ0v) is 15.4. The highest BCUT2D eigenvalue weighted by molar-refractivity contribution is 6.32. The van der Waals surface area contributed by atoms with Gasteiger partial charge in [-0.25, -0.2) is 0 Å². The fraction of sp³-hybridized carbons (Fsp3) is 0.667. The summed E-state index contributed by atoms with van der Waals surface area (Å²) in [6, 6.07) is 6.79. The average molecular weight is 341 g/mol. The third-order valence-electron chi connectivity index (χ3n) is 4.82. The van der Waals surface area contributed by atoms with Crippen LogP contribution in [-0.2, 0) is 0 Å². The second-order valence-corrected chi connectivity index (χ2v) is 7.25. The molecule has 1 heterocycles. The highest BCUT2D eigenvalue weighted by Crippen LogP contribution is 2.25. The van der Waals surface area contributed by atoms with Gasteiger partial charge in [0, 0.05) is 18.6 Å². The van der Waals surface area contributed by atoms with Crippen molar-refractivity contribution < 1.29 is 9.84 Å². The van der Waals surface area contributed by atoms with E-state index in [0.29, 0.717) is 29.4 Å². The monoisotopic (exact) mass is 340 g/mol. The molecule has 3 atom stereocenters. The van der Waals surface area contributed by atoms with E-state index in [-0.39, 0.29) is 6.61 Å². The van der Waals surface area contributed by atoms with Crippen LogP contribution >= 0.6 is 11.6 Å². The summed E-state index contributed by atoms with van der Waals surface area (Å²) in [5.74, 6) is 0.640. The third kappa shape index (κ3) is 5.35. The second-order valence-electron chi connectivity index (χ2n) is 6.85. The first-order valence-electron chi connectivity index (χ1n) is 8.34. The SMILES string of the molecule is Cc1ccc(Cl)c(OCC(O)CN(C)C2CCN(C)C(C)C2)c1. The van der Waals surface area contributed by atoms with Crippen molar-refractivity contribution in [3.8, 4) is 5.75 Å². The first-order chi connectivity index (χ1) is 10.9. The maximum atomic E-state index is 10.3. The Balaban J connectivity index is 1.80. The minimum atomic E-state index is -0.522. The Kier molecular flexibility index (Phi) is 6.72. The Morgan fingerprint density at radius 2 is 2.22 bits per heavy atom. The molecule has 1 aromatic rings. The Hall–Kier alpha value is -0.810. The first-order valence-corrected chi connectivity index (χ1v) is 8.72. The molecule has 1 aliphatic rings. The number of likely N-dealkylation sites (N-methyl/N-ethyl adjacent to an activating group) is 1. The Bertz CT molecular complexity index is 512. The van der Waals surface area contributed by atoms with Crippen molar-refractivity contribution in [3.63, 3.8) is 0 Å². The van der Waals surface area contributed by atoms with Gasteiger partial charge in [-0.2, -0.15) is 0 Å². The maximum absolute atomic E-state index is 10.3. The lowest BCUT2D eigenvalue weighted by Crippen LogP contribution is -2.48. The molecule has 130 valence electrons. The number of hydrogen-bond acceptors (Lipinski definition) is 4. The fourth-order valence-corrected chi connectivity index (χ4v) is 3.28. The van der Waals surface area contributed by atoms with Crippen LogP contribution in [-0.4, -0.2) is 66.9 Å². The number of aliphatic hydroxyl groups is 1. The normalized spacial score (nSPS) is 24.0. The smallest absolute Gasteiger partial charge is 0.138 e. The van der Waals surface area contributed by atoms with Crippen LogP contribution in [0.3, 0.4) is 0 Å². The van der Waals surface area contributed by atoms with Crippen LogP contribution in [0.25, 0.3) is 0 Å². The number of nitrogens with zero attached hydrogens (tertiary/aromatic N) is 2. The van der Waals surface area contributed by atoms with Crippen LogP contribution in [0.2, 0.25) is 5.02 Å². The average Bonchev–Trinajstić information content (AvgIpc) is 2.50. The molecule has 1 aliphatic heterocycles. The van der Waals surface area contributed by atoms with Crippen molar-refractivity contribution in [1.29, 1.82) is 0 Å². The lowest BCUT2D eigenvalue weighted by atomic mass is 9.97. The van der Waals surface area contributed by atoms with Gasteiger partial charge < -0.3 is 19.6 Å². The van der Waals surface area contributed by atoms with E-state index in [0.717, 1.165) is 24.9 Å². The highest BCUT2D eigenvalue weighted by atomic mass is 35.5. The molecule has 1 aromatic carbocycles. The summed E-state index contributed by atoms with van der Waals surface area (Å²) in [4.78, 5) is 4.65. The molecular formula is C18H29ClN2O2. The summed E-state index contributed by atoms with van der Waals surface area (Å²) >= 11 is 6.12. The van der Waals surface area contributed by atoms with Gasteiger partial charge in [-0.15, -0.1) is 0 Å². The summed E-state index contributed by atoms with van der Waals surface area (Å²) < 4.78 is 5.69. The van der Waals surface area contributed by atoms with Gasteiger partial charge in [0.2, 0.25) is 0 Å². The van der Waals surface area contributed by atoms with Gasteiger partial charge in [0.15, 0.2) is 0 Å². The molecule has 2 rings (SSSR count). The fourth-order valence-electron chi connectivity index (χ4n) is 3.11. The molecule has 1 saturated heterocycles. The molecule has 0 bridgehead atoms. The molecule has 4 nitrogen and oxygen atoms in total. The van der Waals surface area contributed by atoms with Crippen LogP contribution in [0, 0.1) is 6.92 Å². The van der Waals surface area contributed by atoms with Gasteiger partial charge >= 0.3 is 0 Å². The zero-order valence-electron chi connectivity index (χ0n) is 14.6. The number of aliphatic hydroxyl groups excluding tert-OH is 1. The topological polar surface area (TPSA) is 35.9 Å². The number of aryl methyl sites for hydroxylation is 1. The Morgan fingerprint density at radius 3 is 2.91 bits per heavy atom.